The quantitative estimate of drug-likeness (QED) is 0.202. The van der Waals surface area contributed by atoms with E-state index in [0.29, 0.717) is 30.5 Å². The number of piperidine rings is 1. The number of aromatic nitrogens is 4. The summed E-state index contributed by atoms with van der Waals surface area (Å²) in [4.78, 5) is 24.2. The van der Waals surface area contributed by atoms with Crippen LogP contribution < -0.4 is 9.46 Å². The maximum absolute atomic E-state index is 15.2. The second kappa shape index (κ2) is 14.8. The monoisotopic (exact) mass is 634 g/mol. The summed E-state index contributed by atoms with van der Waals surface area (Å²) in [6, 6.07) is 15.3. The number of carbonyl (C=O) groups is 1. The largest absolute Gasteiger partial charge is 0.444 e. The number of aryl methyl sites for hydroxylation is 3. The molecule has 45 heavy (non-hydrogen) atoms. The van der Waals surface area contributed by atoms with Gasteiger partial charge in [-0.1, -0.05) is 44.2 Å². The van der Waals surface area contributed by atoms with Crippen LogP contribution in [0.25, 0.3) is 11.3 Å². The van der Waals surface area contributed by atoms with Crippen LogP contribution in [0.5, 0.6) is 11.6 Å². The number of benzene rings is 2. The van der Waals surface area contributed by atoms with Crippen LogP contribution in [0.2, 0.25) is 0 Å². The van der Waals surface area contributed by atoms with Gasteiger partial charge in [0.1, 0.15) is 17.5 Å². The van der Waals surface area contributed by atoms with Crippen LogP contribution in [0, 0.1) is 13.8 Å². The van der Waals surface area contributed by atoms with Crippen LogP contribution in [-0.4, -0.2) is 55.6 Å². The topological polar surface area (TPSA) is 94.4 Å². The molecule has 4 aromatic rings. The molecule has 0 bridgehead atoms. The van der Waals surface area contributed by atoms with Crippen molar-refractivity contribution < 1.29 is 18.7 Å². The first-order chi connectivity index (χ1) is 21.4. The number of carbonyl (C=O) groups excluding carboxylic acids is 1. The van der Waals surface area contributed by atoms with Crippen LogP contribution in [0.3, 0.4) is 0 Å². The van der Waals surface area contributed by atoms with E-state index in [0.717, 1.165) is 32.8 Å². The molecule has 1 aliphatic rings. The number of ether oxygens (including phenoxy) is 2. The van der Waals surface area contributed by atoms with Gasteiger partial charge in [0, 0.05) is 37.3 Å². The highest BCUT2D eigenvalue weighted by atomic mass is 32.2. The van der Waals surface area contributed by atoms with Crippen molar-refractivity contribution >= 4 is 24.0 Å². The van der Waals surface area contributed by atoms with Crippen molar-refractivity contribution in [1.29, 1.82) is 0 Å². The number of anilines is 1. The van der Waals surface area contributed by atoms with Crippen molar-refractivity contribution in [2.45, 2.75) is 77.5 Å². The molecule has 2 aromatic carbocycles. The average molecular weight is 635 g/mol. The number of rotatable bonds is 7. The van der Waals surface area contributed by atoms with E-state index in [2.05, 4.69) is 40.8 Å². The van der Waals surface area contributed by atoms with E-state index in [-0.39, 0.29) is 12.5 Å². The lowest BCUT2D eigenvalue weighted by molar-refractivity contribution is 0.0111. The highest BCUT2D eigenvalue weighted by Crippen LogP contribution is 2.34. The number of halogens is 1. The lowest BCUT2D eigenvalue weighted by atomic mass is 9.88. The molecule has 1 N–H and O–H groups in total. The first-order valence-corrected chi connectivity index (χ1v) is 16.0. The second-order valence-electron chi connectivity index (χ2n) is 11.7. The summed E-state index contributed by atoms with van der Waals surface area (Å²) in [6.07, 6.45) is 2.50. The fraction of sp³-hybridized carbons (Fsp3) is 0.412. The average Bonchev–Trinajstić information content (AvgIpc) is 3.41. The van der Waals surface area contributed by atoms with E-state index in [4.69, 9.17) is 14.5 Å². The van der Waals surface area contributed by atoms with Crippen molar-refractivity contribution in [3.8, 4) is 22.9 Å². The summed E-state index contributed by atoms with van der Waals surface area (Å²) in [6.45, 7) is 14.0. The zero-order valence-electron chi connectivity index (χ0n) is 27.3. The minimum Gasteiger partial charge on any atom is -0.444 e. The number of nitrogens with one attached hydrogen (secondary N) is 1. The maximum atomic E-state index is 15.2. The number of hydrogen-bond acceptors (Lipinski definition) is 8. The molecule has 2 atom stereocenters. The molecule has 0 radical (unpaired) electrons. The van der Waals surface area contributed by atoms with Crippen molar-refractivity contribution in [2.24, 2.45) is 7.05 Å². The summed E-state index contributed by atoms with van der Waals surface area (Å²) < 4.78 is 31.8. The van der Waals surface area contributed by atoms with Crippen molar-refractivity contribution in [3.05, 3.63) is 77.6 Å². The minimum atomic E-state index is -1.19. The SMILES string of the molecule is CC.Cc1cccc(C)c1-c1cc(Oc2ccc(C3CCN(C(=O)OC(C)(C)C)CC3F)cc2)nc(NSc2cnn(C)c2)n1. The van der Waals surface area contributed by atoms with E-state index >= 15 is 4.39 Å². The Balaban J connectivity index is 0.00000226. The van der Waals surface area contributed by atoms with Crippen molar-refractivity contribution in [1.82, 2.24) is 24.6 Å². The fourth-order valence-electron chi connectivity index (χ4n) is 5.10. The Labute approximate surface area is 269 Å². The first kappa shape index (κ1) is 33.8. The zero-order valence-corrected chi connectivity index (χ0v) is 28.1. The molecule has 240 valence electrons. The molecule has 2 unspecified atom stereocenters. The van der Waals surface area contributed by atoms with Crippen LogP contribution in [0.4, 0.5) is 15.1 Å². The molecular weight excluding hydrogens is 591 g/mol. The molecule has 0 saturated carbocycles. The molecule has 1 saturated heterocycles. The molecule has 9 nitrogen and oxygen atoms in total. The Morgan fingerprint density at radius 2 is 1.76 bits per heavy atom. The third-order valence-electron chi connectivity index (χ3n) is 7.11. The molecule has 5 rings (SSSR count). The number of likely N-dealkylation sites (tertiary alicyclic amines) is 1. The summed E-state index contributed by atoms with van der Waals surface area (Å²) >= 11 is 1.36. The van der Waals surface area contributed by atoms with Gasteiger partial charge in [-0.3, -0.25) is 9.40 Å². The molecule has 1 amide bonds. The lowest BCUT2D eigenvalue weighted by Gasteiger charge is -2.35. The third-order valence-corrected chi connectivity index (χ3v) is 7.84. The molecule has 2 aromatic heterocycles. The van der Waals surface area contributed by atoms with E-state index in [1.54, 1.807) is 31.6 Å². The zero-order chi connectivity index (χ0) is 32.7. The number of hydrogen-bond donors (Lipinski definition) is 1. The van der Waals surface area contributed by atoms with Gasteiger partial charge in [-0.15, -0.1) is 0 Å². The maximum Gasteiger partial charge on any atom is 0.410 e. The fourth-order valence-corrected chi connectivity index (χ4v) is 5.71. The van der Waals surface area contributed by atoms with Gasteiger partial charge in [0.2, 0.25) is 11.8 Å². The molecule has 11 heteroatoms. The first-order valence-electron chi connectivity index (χ1n) is 15.2. The van der Waals surface area contributed by atoms with E-state index in [1.807, 2.05) is 63.5 Å². The summed E-state index contributed by atoms with van der Waals surface area (Å²) in [5, 5.41) is 4.20. The molecule has 1 aliphatic heterocycles. The number of nitrogens with zero attached hydrogens (tertiary/aromatic N) is 5. The Bertz CT molecular complexity index is 1570. The van der Waals surface area contributed by atoms with Gasteiger partial charge in [0.15, 0.2) is 0 Å². The van der Waals surface area contributed by atoms with Crippen LogP contribution >= 0.6 is 11.9 Å². The summed E-state index contributed by atoms with van der Waals surface area (Å²) in [5.41, 5.74) is 4.19. The Kier molecular flexibility index (Phi) is 11.1. The Morgan fingerprint density at radius 1 is 1.07 bits per heavy atom. The van der Waals surface area contributed by atoms with Gasteiger partial charge in [-0.2, -0.15) is 10.1 Å². The lowest BCUT2D eigenvalue weighted by Crippen LogP contribution is -2.46. The van der Waals surface area contributed by atoms with E-state index in [9.17, 15) is 4.79 Å². The predicted octanol–water partition coefficient (Wildman–Crippen LogP) is 8.49. The van der Waals surface area contributed by atoms with Crippen molar-refractivity contribution in [3.63, 3.8) is 0 Å². The molecule has 0 spiro atoms. The predicted molar refractivity (Wildman–Crippen MR) is 178 cm³/mol. The van der Waals surface area contributed by atoms with Gasteiger partial charge in [-0.05, 0) is 81.8 Å². The van der Waals surface area contributed by atoms with E-state index < -0.39 is 17.9 Å². The smallest absolute Gasteiger partial charge is 0.410 e. The Hall–Kier alpha value is -4.12. The van der Waals surface area contributed by atoms with Gasteiger partial charge in [-0.25, -0.2) is 14.2 Å². The van der Waals surface area contributed by atoms with Gasteiger partial charge in [0.05, 0.1) is 23.3 Å². The van der Waals surface area contributed by atoms with Gasteiger partial charge < -0.3 is 14.4 Å². The molecule has 0 aliphatic carbocycles. The number of amides is 1. The third kappa shape index (κ3) is 8.97. The molecular formula is C34H43FN6O3S. The van der Waals surface area contributed by atoms with Gasteiger partial charge in [0.25, 0.3) is 0 Å². The van der Waals surface area contributed by atoms with Crippen LogP contribution in [-0.2, 0) is 11.8 Å². The summed E-state index contributed by atoms with van der Waals surface area (Å²) in [7, 11) is 1.86. The van der Waals surface area contributed by atoms with Crippen molar-refractivity contribution in [2.75, 3.05) is 17.8 Å². The Morgan fingerprint density at radius 3 is 2.36 bits per heavy atom. The second-order valence-corrected chi connectivity index (χ2v) is 12.6. The minimum absolute atomic E-state index is 0.00664. The highest BCUT2D eigenvalue weighted by molar-refractivity contribution is 8.00. The molecule has 3 heterocycles. The summed E-state index contributed by atoms with van der Waals surface area (Å²) in [5.74, 6) is 1.03. The van der Waals surface area contributed by atoms with Crippen LogP contribution in [0.15, 0.2) is 65.8 Å². The normalized spacial score (nSPS) is 16.4. The van der Waals surface area contributed by atoms with Gasteiger partial charge >= 0.3 is 6.09 Å². The number of alkyl halides is 1. The molecule has 1 fully saturated rings. The van der Waals surface area contributed by atoms with E-state index in [1.165, 1.54) is 16.8 Å². The van der Waals surface area contributed by atoms with Crippen LogP contribution in [0.1, 0.15) is 63.6 Å². The highest BCUT2D eigenvalue weighted by Gasteiger charge is 2.34. The standard InChI is InChI=1S/C32H37FN6O3S.C2H6/c1-20-8-7-9-21(2)29(20)27-16-28(36-30(35-27)37-43-24-17-34-38(6)18-24)41-23-12-10-22(11-13-23)25-14-15-39(19-26(25)33)31(40)42-32(3,4)5;1-2/h7-13,16-18,25-26H,14-15,19H2,1-6H3,(H,35,36,37);1-2H3.